The number of nitrogens with zero attached hydrogens (tertiary/aromatic N) is 2. The molecular weight excluding hydrogens is 511 g/mol. The van der Waals surface area contributed by atoms with Crippen LogP contribution in [-0.2, 0) is 14.4 Å². The second-order valence-corrected chi connectivity index (χ2v) is 8.70. The molecule has 1 aliphatic heterocycles. The van der Waals surface area contributed by atoms with Crippen LogP contribution >= 0.6 is 0 Å². The fourth-order valence-electron chi connectivity index (χ4n) is 3.87. The van der Waals surface area contributed by atoms with Crippen LogP contribution in [0, 0.1) is 0 Å². The van der Waals surface area contributed by atoms with Gasteiger partial charge in [-0.25, -0.2) is 4.99 Å². The zero-order chi connectivity index (χ0) is 28.6. The number of aliphatic imine (C=N–C) groups is 1. The smallest absolute Gasteiger partial charge is 0.388 e. The van der Waals surface area contributed by atoms with Crippen LogP contribution in [0.15, 0.2) is 89.9 Å². The predicted octanol–water partition coefficient (Wildman–Crippen LogP) is 5.16. The Hall–Kier alpha value is -4.47. The lowest BCUT2D eigenvalue weighted by atomic mass is 9.95. The Morgan fingerprint density at radius 2 is 1.51 bits per heavy atom. The molecule has 204 valence electrons. The Labute approximate surface area is 224 Å². The predicted molar refractivity (Wildman–Crippen MR) is 142 cm³/mol. The van der Waals surface area contributed by atoms with E-state index >= 15 is 0 Å². The molecule has 2 atom stereocenters. The lowest BCUT2D eigenvalue weighted by Gasteiger charge is -2.21. The van der Waals surface area contributed by atoms with Crippen LogP contribution < -0.4 is 10.2 Å². The minimum atomic E-state index is -3.96. The van der Waals surface area contributed by atoms with Gasteiger partial charge in [-0.05, 0) is 11.6 Å². The second-order valence-electron chi connectivity index (χ2n) is 8.70. The van der Waals surface area contributed by atoms with Crippen LogP contribution in [0.2, 0.25) is 0 Å². The highest BCUT2D eigenvalue weighted by atomic mass is 19.4. The van der Waals surface area contributed by atoms with Gasteiger partial charge in [0.2, 0.25) is 12.1 Å². The Balaban J connectivity index is 0.000000631. The average molecular weight is 540 g/mol. The maximum absolute atomic E-state index is 13.2. The van der Waals surface area contributed by atoms with E-state index in [1.54, 1.807) is 37.4 Å². The topological polar surface area (TPSA) is 99.1 Å². The minimum Gasteiger partial charge on any atom is -0.481 e. The van der Waals surface area contributed by atoms with E-state index in [-0.39, 0.29) is 6.42 Å². The molecule has 0 aromatic heterocycles. The summed E-state index contributed by atoms with van der Waals surface area (Å²) in [6, 6.07) is 25.4. The third-order valence-electron chi connectivity index (χ3n) is 5.98. The lowest BCUT2D eigenvalue weighted by Crippen LogP contribution is -2.46. The number of likely N-dealkylation sites (N-methyl/N-ethyl adjacent to an activating group) is 1. The van der Waals surface area contributed by atoms with Crippen LogP contribution in [0.25, 0.3) is 0 Å². The number of aliphatic carboxylic acids is 1. The van der Waals surface area contributed by atoms with Gasteiger partial charge in [0.15, 0.2) is 0 Å². The molecule has 4 rings (SSSR count). The standard InChI is InChI=1S/C26H23N3O4.C3H5F3/c1-29-21-15-9-8-14-19(21)23(18-12-6-3-7-13-18)28-24(25(29)31)27-22(30)16-20(26(32)33)17-10-4-2-5-11-17;1-2-3(4,5)6/h2-15,20,24H,16H2,1H3,(H,27,30)(H,32,33);2H2,1H3. The maximum Gasteiger partial charge on any atom is 0.388 e. The Kier molecular flexibility index (Phi) is 9.59. The van der Waals surface area contributed by atoms with Crippen molar-refractivity contribution in [1.82, 2.24) is 5.32 Å². The van der Waals surface area contributed by atoms with E-state index < -0.39 is 42.5 Å². The SMILES string of the molecule is CCC(F)(F)F.CN1C(=O)C(NC(=O)CC(C(=O)O)c2ccccc2)N=C(c2ccccc2)c2ccccc21. The molecule has 1 aliphatic rings. The monoisotopic (exact) mass is 539 g/mol. The first-order chi connectivity index (χ1) is 18.5. The van der Waals surface area contributed by atoms with E-state index in [1.807, 2.05) is 54.6 Å². The number of alkyl halides is 3. The number of halogens is 3. The number of carbonyl (C=O) groups excluding carboxylic acids is 2. The summed E-state index contributed by atoms with van der Waals surface area (Å²) in [5.41, 5.74) is 3.34. The number of hydrogen-bond donors (Lipinski definition) is 2. The van der Waals surface area contributed by atoms with Gasteiger partial charge in [0.1, 0.15) is 0 Å². The maximum atomic E-state index is 13.2. The van der Waals surface area contributed by atoms with Gasteiger partial charge in [-0.3, -0.25) is 14.4 Å². The van der Waals surface area contributed by atoms with Crippen LogP contribution in [0.4, 0.5) is 18.9 Å². The van der Waals surface area contributed by atoms with Crippen molar-refractivity contribution in [2.24, 2.45) is 4.99 Å². The zero-order valence-electron chi connectivity index (χ0n) is 21.4. The number of hydrogen-bond acceptors (Lipinski definition) is 4. The number of benzodiazepines with no additional fused rings is 1. The van der Waals surface area contributed by atoms with Crippen molar-refractivity contribution in [3.05, 3.63) is 102 Å². The van der Waals surface area contributed by atoms with Gasteiger partial charge in [-0.2, -0.15) is 13.2 Å². The number of rotatable bonds is 6. The summed E-state index contributed by atoms with van der Waals surface area (Å²) in [5.74, 6) is -3.12. The summed E-state index contributed by atoms with van der Waals surface area (Å²) in [4.78, 5) is 44.0. The molecule has 0 saturated carbocycles. The molecule has 0 radical (unpaired) electrons. The Morgan fingerprint density at radius 1 is 0.974 bits per heavy atom. The fourth-order valence-corrected chi connectivity index (χ4v) is 3.87. The molecule has 0 aliphatic carbocycles. The zero-order valence-corrected chi connectivity index (χ0v) is 21.4. The lowest BCUT2D eigenvalue weighted by molar-refractivity contribution is -0.141. The number of carboxylic acids is 1. The summed E-state index contributed by atoms with van der Waals surface area (Å²) in [6.07, 6.45) is -6.18. The normalized spacial score (nSPS) is 15.6. The molecule has 0 spiro atoms. The van der Waals surface area contributed by atoms with E-state index in [2.05, 4.69) is 10.3 Å². The molecule has 3 aromatic carbocycles. The first-order valence-corrected chi connectivity index (χ1v) is 12.2. The summed E-state index contributed by atoms with van der Waals surface area (Å²) in [5, 5.41) is 12.3. The number of nitrogens with one attached hydrogen (secondary N) is 1. The van der Waals surface area contributed by atoms with Crippen molar-refractivity contribution in [1.29, 1.82) is 0 Å². The van der Waals surface area contributed by atoms with Crippen molar-refractivity contribution in [3.63, 3.8) is 0 Å². The van der Waals surface area contributed by atoms with Crippen LogP contribution in [0.3, 0.4) is 0 Å². The number of carbonyl (C=O) groups is 3. The largest absolute Gasteiger partial charge is 0.481 e. The molecule has 0 bridgehead atoms. The molecule has 0 saturated heterocycles. The van der Waals surface area contributed by atoms with Gasteiger partial charge in [0, 0.05) is 31.0 Å². The third-order valence-corrected chi connectivity index (χ3v) is 5.98. The molecule has 2 unspecified atom stereocenters. The highest BCUT2D eigenvalue weighted by Gasteiger charge is 2.32. The third kappa shape index (κ3) is 7.76. The highest BCUT2D eigenvalue weighted by molar-refractivity contribution is 6.20. The van der Waals surface area contributed by atoms with E-state index in [1.165, 1.54) is 4.90 Å². The summed E-state index contributed by atoms with van der Waals surface area (Å²) in [7, 11) is 1.63. The van der Waals surface area contributed by atoms with Crippen molar-refractivity contribution in [2.45, 2.75) is 38.0 Å². The summed E-state index contributed by atoms with van der Waals surface area (Å²) >= 11 is 0. The summed E-state index contributed by atoms with van der Waals surface area (Å²) in [6.45, 7) is 1.08. The minimum absolute atomic E-state index is 0.310. The molecule has 0 fully saturated rings. The first kappa shape index (κ1) is 29.1. The van der Waals surface area contributed by atoms with Gasteiger partial charge < -0.3 is 15.3 Å². The average Bonchev–Trinajstić information content (AvgIpc) is 3.03. The second kappa shape index (κ2) is 12.9. The molecule has 7 nitrogen and oxygen atoms in total. The highest BCUT2D eigenvalue weighted by Crippen LogP contribution is 2.27. The first-order valence-electron chi connectivity index (χ1n) is 12.2. The number of para-hydroxylation sites is 1. The van der Waals surface area contributed by atoms with E-state index in [0.29, 0.717) is 17.0 Å². The van der Waals surface area contributed by atoms with Gasteiger partial charge in [-0.15, -0.1) is 0 Å². The van der Waals surface area contributed by atoms with E-state index in [4.69, 9.17) is 0 Å². The number of fused-ring (bicyclic) bond motifs is 1. The van der Waals surface area contributed by atoms with E-state index in [0.717, 1.165) is 18.1 Å². The number of amides is 2. The van der Waals surface area contributed by atoms with Gasteiger partial charge in [0.25, 0.3) is 5.91 Å². The summed E-state index contributed by atoms with van der Waals surface area (Å²) < 4.78 is 32.4. The molecular formula is C29H28F3N3O4. The molecule has 2 amide bonds. The van der Waals surface area contributed by atoms with Gasteiger partial charge in [-0.1, -0.05) is 85.8 Å². The van der Waals surface area contributed by atoms with Crippen molar-refractivity contribution in [2.75, 3.05) is 11.9 Å². The Bertz CT molecular complexity index is 1330. The van der Waals surface area contributed by atoms with Crippen molar-refractivity contribution in [3.8, 4) is 0 Å². The number of carboxylic acid groups (broad SMARTS) is 1. The molecule has 2 N–H and O–H groups in total. The quantitative estimate of drug-likeness (QED) is 0.452. The Morgan fingerprint density at radius 3 is 2.08 bits per heavy atom. The van der Waals surface area contributed by atoms with Gasteiger partial charge in [0.05, 0.1) is 17.3 Å². The number of benzene rings is 3. The van der Waals surface area contributed by atoms with Crippen molar-refractivity contribution < 1.29 is 32.7 Å². The van der Waals surface area contributed by atoms with Crippen LogP contribution in [0.1, 0.15) is 42.4 Å². The molecule has 1 heterocycles. The number of anilines is 1. The van der Waals surface area contributed by atoms with Crippen LogP contribution in [-0.4, -0.2) is 48.0 Å². The van der Waals surface area contributed by atoms with E-state index in [9.17, 15) is 32.7 Å². The van der Waals surface area contributed by atoms with Crippen molar-refractivity contribution >= 4 is 29.2 Å². The fraction of sp³-hybridized carbons (Fsp3) is 0.241. The van der Waals surface area contributed by atoms with Gasteiger partial charge >= 0.3 is 12.1 Å². The van der Waals surface area contributed by atoms with Crippen LogP contribution in [0.5, 0.6) is 0 Å². The molecule has 39 heavy (non-hydrogen) atoms. The molecule has 10 heteroatoms. The molecule has 3 aromatic rings.